The number of alkyl halides is 6. The van der Waals surface area contributed by atoms with Crippen molar-refractivity contribution in [2.45, 2.75) is 12.4 Å². The number of nitrogens with zero attached hydrogens (tertiary/aromatic N) is 4. The molecule has 0 bridgehead atoms. The Morgan fingerprint density at radius 1 is 0.756 bits per heavy atom. The van der Waals surface area contributed by atoms with Crippen LogP contribution in [0.1, 0.15) is 16.7 Å². The normalized spacial score (nSPS) is 12.8. The second kappa shape index (κ2) is 10.9. The van der Waals surface area contributed by atoms with Gasteiger partial charge < -0.3 is 4.74 Å². The summed E-state index contributed by atoms with van der Waals surface area (Å²) in [4.78, 5) is 5.20. The molecule has 3 aromatic rings. The van der Waals surface area contributed by atoms with Crippen molar-refractivity contribution in [2.24, 2.45) is 0 Å². The van der Waals surface area contributed by atoms with Crippen LogP contribution in [0.15, 0.2) is 36.4 Å². The Labute approximate surface area is 222 Å². The van der Waals surface area contributed by atoms with Gasteiger partial charge in [0.25, 0.3) is 11.4 Å². The lowest BCUT2D eigenvalue weighted by Gasteiger charge is -2.15. The summed E-state index contributed by atoms with van der Waals surface area (Å²) >= 11 is 0. The molecule has 0 aliphatic carbocycles. The molecule has 0 saturated carbocycles. The third kappa shape index (κ3) is 5.75. The Balaban J connectivity index is 2.52. The van der Waals surface area contributed by atoms with Crippen molar-refractivity contribution in [3.63, 3.8) is 0 Å². The molecule has 0 saturated heterocycles. The maximum absolute atomic E-state index is 14.8. The molecule has 5 nitrogen and oxygen atoms in total. The van der Waals surface area contributed by atoms with E-state index in [1.807, 2.05) is 0 Å². The highest BCUT2D eigenvalue weighted by Crippen LogP contribution is 2.39. The molecule has 0 heterocycles. The van der Waals surface area contributed by atoms with Crippen LogP contribution in [-0.2, 0) is 12.4 Å². The third-order valence-corrected chi connectivity index (χ3v) is 5.24. The highest BCUT2D eigenvalue weighted by Gasteiger charge is 2.37. The quantitative estimate of drug-likeness (QED) is 0.193. The van der Waals surface area contributed by atoms with E-state index in [0.717, 1.165) is 12.1 Å². The highest BCUT2D eigenvalue weighted by atomic mass is 19.4. The molecule has 0 fully saturated rings. The van der Waals surface area contributed by atoms with E-state index in [1.165, 1.54) is 12.1 Å². The van der Waals surface area contributed by atoms with Crippen LogP contribution in [0.25, 0.3) is 21.0 Å². The predicted octanol–water partition coefficient (Wildman–Crippen LogP) is 6.90. The molecule has 0 aliphatic rings. The van der Waals surface area contributed by atoms with Gasteiger partial charge in [0, 0.05) is 5.22 Å². The van der Waals surface area contributed by atoms with Crippen LogP contribution in [0.5, 0.6) is 11.5 Å². The third-order valence-electron chi connectivity index (χ3n) is 5.24. The summed E-state index contributed by atoms with van der Waals surface area (Å²) in [5.41, 5.74) is -8.98. The van der Waals surface area contributed by atoms with E-state index in [-0.39, 0.29) is 23.4 Å². The van der Waals surface area contributed by atoms with Crippen LogP contribution < -0.4 is 15.2 Å². The molecule has 0 atom stereocenters. The first-order valence-electron chi connectivity index (χ1n) is 10.4. The fraction of sp³-hybridized carbons (Fsp3) is 0.0769. The van der Waals surface area contributed by atoms with Gasteiger partial charge in [-0.05, 0) is 29.5 Å². The fourth-order valence-electron chi connectivity index (χ4n) is 3.42. The van der Waals surface area contributed by atoms with Crippen molar-refractivity contribution in [1.82, 2.24) is 0 Å². The molecule has 3 aromatic carbocycles. The molecule has 0 spiro atoms. The lowest BCUT2D eigenvalue weighted by molar-refractivity contribution is -0.143. The molecule has 0 unspecified atom stereocenters. The molecule has 0 N–H and O–H groups in total. The Morgan fingerprint density at radius 3 is 1.71 bits per heavy atom. The standard InChI is InChI=1S/C26H6F10N4O/c1-39-17(10-38)11-3-4-15(16(9-37)19-20(27)22(29)24(40-2)23(30)21(19)28)18(5-11)41-14-7-12(25(31,32)33)6-13(8-14)26(34,35)36/h3-8H/b16-15+,17-11+. The van der Waals surface area contributed by atoms with E-state index >= 15 is 0 Å². The summed E-state index contributed by atoms with van der Waals surface area (Å²) in [5.74, 6) is -10.9. The van der Waals surface area contributed by atoms with Crippen molar-refractivity contribution >= 4 is 17.0 Å². The van der Waals surface area contributed by atoms with E-state index in [9.17, 15) is 49.2 Å². The van der Waals surface area contributed by atoms with Gasteiger partial charge >= 0.3 is 12.4 Å². The van der Waals surface area contributed by atoms with E-state index < -0.39 is 86.0 Å². The first-order chi connectivity index (χ1) is 19.1. The Bertz CT molecular complexity index is 1810. The monoisotopic (exact) mass is 580 g/mol. The second-order valence-corrected chi connectivity index (χ2v) is 7.70. The number of benzene rings is 3. The number of hydrogen-bond donors (Lipinski definition) is 0. The van der Waals surface area contributed by atoms with Crippen molar-refractivity contribution in [1.29, 1.82) is 10.5 Å². The zero-order valence-electron chi connectivity index (χ0n) is 19.4. The summed E-state index contributed by atoms with van der Waals surface area (Å²) < 4.78 is 143. The van der Waals surface area contributed by atoms with E-state index in [1.54, 1.807) is 0 Å². The van der Waals surface area contributed by atoms with Crippen LogP contribution in [-0.4, -0.2) is 0 Å². The minimum Gasteiger partial charge on any atom is -0.457 e. The lowest BCUT2D eigenvalue weighted by Crippen LogP contribution is -2.18. The first-order valence-corrected chi connectivity index (χ1v) is 10.4. The van der Waals surface area contributed by atoms with Gasteiger partial charge in [-0.1, -0.05) is 12.1 Å². The summed E-state index contributed by atoms with van der Waals surface area (Å²) in [6.45, 7) is 13.7. The molecule has 0 aliphatic heterocycles. The second-order valence-electron chi connectivity index (χ2n) is 7.70. The number of halogens is 10. The number of rotatable bonds is 3. The molecule has 206 valence electrons. The van der Waals surface area contributed by atoms with Gasteiger partial charge in [-0.25, -0.2) is 32.5 Å². The topological polar surface area (TPSA) is 65.5 Å². The number of hydrogen-bond acceptors (Lipinski definition) is 3. The van der Waals surface area contributed by atoms with Crippen LogP contribution in [0.2, 0.25) is 0 Å². The first kappa shape index (κ1) is 30.0. The van der Waals surface area contributed by atoms with Crippen LogP contribution in [0, 0.1) is 59.1 Å². The summed E-state index contributed by atoms with van der Waals surface area (Å²) in [7, 11) is 0. The maximum atomic E-state index is 14.8. The predicted molar refractivity (Wildman–Crippen MR) is 118 cm³/mol. The van der Waals surface area contributed by atoms with Crippen LogP contribution in [0.4, 0.5) is 49.6 Å². The van der Waals surface area contributed by atoms with Crippen LogP contribution in [0.3, 0.4) is 0 Å². The van der Waals surface area contributed by atoms with Crippen molar-refractivity contribution in [2.75, 3.05) is 0 Å². The summed E-state index contributed by atoms with van der Waals surface area (Å²) in [6, 6.07) is 4.97. The Kier molecular flexibility index (Phi) is 7.99. The largest absolute Gasteiger partial charge is 0.457 e. The molecule has 0 aromatic heterocycles. The molecule has 41 heavy (non-hydrogen) atoms. The molecule has 15 heteroatoms. The van der Waals surface area contributed by atoms with Gasteiger partial charge in [-0.15, -0.1) is 0 Å². The minimum atomic E-state index is -5.31. The van der Waals surface area contributed by atoms with E-state index in [4.69, 9.17) is 23.1 Å². The smallest absolute Gasteiger partial charge is 0.416 e. The zero-order chi connectivity index (χ0) is 30.9. The lowest BCUT2D eigenvalue weighted by atomic mass is 10.0. The molecular weight excluding hydrogens is 574 g/mol. The van der Waals surface area contributed by atoms with Gasteiger partial charge in [0.1, 0.15) is 17.6 Å². The van der Waals surface area contributed by atoms with Crippen molar-refractivity contribution < 1.29 is 48.6 Å². The van der Waals surface area contributed by atoms with E-state index in [2.05, 4.69) is 9.69 Å². The average molecular weight is 580 g/mol. The van der Waals surface area contributed by atoms with E-state index in [0.29, 0.717) is 6.07 Å². The highest BCUT2D eigenvalue weighted by molar-refractivity contribution is 5.80. The molecular formula is C26H6F10N4O. The van der Waals surface area contributed by atoms with Gasteiger partial charge in [0.2, 0.25) is 0 Å². The van der Waals surface area contributed by atoms with Gasteiger partial charge in [-0.2, -0.15) is 31.6 Å². The molecule has 0 amide bonds. The average Bonchev–Trinajstić information content (AvgIpc) is 2.90. The maximum Gasteiger partial charge on any atom is 0.416 e. The van der Waals surface area contributed by atoms with Gasteiger partial charge in [-0.3, -0.25) is 0 Å². The fourth-order valence-corrected chi connectivity index (χ4v) is 3.42. The van der Waals surface area contributed by atoms with Gasteiger partial charge in [0.05, 0.1) is 41.5 Å². The van der Waals surface area contributed by atoms with Crippen molar-refractivity contribution in [3.8, 4) is 23.6 Å². The van der Waals surface area contributed by atoms with Crippen LogP contribution >= 0.6 is 0 Å². The summed E-state index contributed by atoms with van der Waals surface area (Å²) in [6.07, 6.45) is -10.6. The zero-order valence-corrected chi connectivity index (χ0v) is 19.4. The number of nitriles is 2. The minimum absolute atomic E-state index is 0.118. The van der Waals surface area contributed by atoms with Gasteiger partial charge in [0.15, 0.2) is 23.3 Å². The Morgan fingerprint density at radius 2 is 1.29 bits per heavy atom. The molecule has 0 radical (unpaired) electrons. The summed E-state index contributed by atoms with van der Waals surface area (Å²) in [5, 5.41) is 17.6. The SMILES string of the molecule is [C-]#[N+]/C(C#N)=c1\cc/c(=C(/C#N)c2c(F)c(F)c([N+]#[C-])c(F)c2F)c(Oc2cc(C(F)(F)F)cc(C(F)(F)F)c2)c1. The van der Waals surface area contributed by atoms with Crippen molar-refractivity contribution in [3.05, 3.63) is 110 Å². The molecule has 3 rings (SSSR count). The Hall–Kier alpha value is -5.54. The number of ether oxygens (including phenoxy) is 1.